The summed E-state index contributed by atoms with van der Waals surface area (Å²) < 4.78 is 0. The lowest BCUT2D eigenvalue weighted by Crippen LogP contribution is -2.06. The minimum atomic E-state index is -0.545. The van der Waals surface area contributed by atoms with E-state index in [2.05, 4.69) is 20.6 Å². The molecule has 1 aromatic carbocycles. The van der Waals surface area contributed by atoms with E-state index in [1.165, 1.54) is 0 Å². The van der Waals surface area contributed by atoms with E-state index in [1.807, 2.05) is 24.3 Å². The third-order valence-corrected chi connectivity index (χ3v) is 2.32. The normalized spacial score (nSPS) is 12.6. The summed E-state index contributed by atoms with van der Waals surface area (Å²) in [6, 6.07) is 7.40. The number of nitrogens with two attached hydrogens (primary N) is 1. The molecule has 6 heteroatoms. The van der Waals surface area contributed by atoms with Crippen LogP contribution in [0, 0.1) is 0 Å². The number of aromatic amines is 1. The highest BCUT2D eigenvalue weighted by atomic mass is 16.3. The first-order chi connectivity index (χ1) is 7.81. The van der Waals surface area contributed by atoms with Gasteiger partial charge in [0.25, 0.3) is 0 Å². The molecule has 0 saturated carbocycles. The van der Waals surface area contributed by atoms with E-state index in [1.54, 1.807) is 0 Å². The Labute approximate surface area is 92.5 Å². The summed E-state index contributed by atoms with van der Waals surface area (Å²) in [6.45, 7) is 0.452. The van der Waals surface area contributed by atoms with Crippen molar-refractivity contribution in [2.45, 2.75) is 12.5 Å². The number of aliphatic hydroxyl groups is 1. The molecule has 2 aromatic rings. The number of benzene rings is 1. The highest BCUT2D eigenvalue weighted by Crippen LogP contribution is 2.21. The second kappa shape index (κ2) is 4.82. The van der Waals surface area contributed by atoms with Gasteiger partial charge in [0.2, 0.25) is 5.82 Å². The van der Waals surface area contributed by atoms with Crippen molar-refractivity contribution in [1.29, 1.82) is 0 Å². The van der Waals surface area contributed by atoms with Gasteiger partial charge in [-0.3, -0.25) is 0 Å². The average molecular weight is 219 g/mol. The lowest BCUT2D eigenvalue weighted by molar-refractivity contribution is 0.170. The topological polar surface area (TPSA) is 101 Å². The van der Waals surface area contributed by atoms with E-state index in [0.717, 1.165) is 11.1 Å². The van der Waals surface area contributed by atoms with Gasteiger partial charge in [-0.25, -0.2) is 0 Å². The molecule has 0 unspecified atom stereocenters. The molecule has 0 radical (unpaired) electrons. The SMILES string of the molecule is NCC[C@@H](O)c1cccc(-c2nn[nH]n2)c1. The van der Waals surface area contributed by atoms with Crippen molar-refractivity contribution >= 4 is 0 Å². The largest absolute Gasteiger partial charge is 0.388 e. The van der Waals surface area contributed by atoms with Crippen LogP contribution in [0.4, 0.5) is 0 Å². The van der Waals surface area contributed by atoms with Crippen LogP contribution in [0.25, 0.3) is 11.4 Å². The quantitative estimate of drug-likeness (QED) is 0.684. The number of H-pyrrole nitrogens is 1. The number of hydrogen-bond donors (Lipinski definition) is 3. The summed E-state index contributed by atoms with van der Waals surface area (Å²) in [6.07, 6.45) is -0.00718. The average Bonchev–Trinajstić information content (AvgIpc) is 2.83. The van der Waals surface area contributed by atoms with Crippen LogP contribution in [0.1, 0.15) is 18.1 Å². The Morgan fingerprint density at radius 2 is 2.31 bits per heavy atom. The summed E-state index contributed by atoms with van der Waals surface area (Å²) in [5.74, 6) is 0.516. The van der Waals surface area contributed by atoms with Gasteiger partial charge in [0.15, 0.2) is 0 Å². The minimum absolute atomic E-state index is 0.452. The molecule has 0 bridgehead atoms. The molecule has 2 rings (SSSR count). The molecule has 0 saturated heterocycles. The van der Waals surface area contributed by atoms with E-state index < -0.39 is 6.10 Å². The second-order valence-electron chi connectivity index (χ2n) is 3.45. The Balaban J connectivity index is 2.26. The maximum Gasteiger partial charge on any atom is 0.204 e. The van der Waals surface area contributed by atoms with E-state index in [0.29, 0.717) is 18.8 Å². The van der Waals surface area contributed by atoms with Crippen LogP contribution in [-0.4, -0.2) is 32.3 Å². The van der Waals surface area contributed by atoms with Gasteiger partial charge in [0, 0.05) is 5.56 Å². The molecule has 1 heterocycles. The zero-order valence-corrected chi connectivity index (χ0v) is 8.67. The Morgan fingerprint density at radius 1 is 1.44 bits per heavy atom. The summed E-state index contributed by atoms with van der Waals surface area (Å²) in [5, 5.41) is 23.4. The van der Waals surface area contributed by atoms with Crippen LogP contribution < -0.4 is 5.73 Å². The molecule has 1 aromatic heterocycles. The van der Waals surface area contributed by atoms with Crippen LogP contribution in [0.2, 0.25) is 0 Å². The first-order valence-corrected chi connectivity index (χ1v) is 5.03. The van der Waals surface area contributed by atoms with Gasteiger partial charge < -0.3 is 10.8 Å². The zero-order chi connectivity index (χ0) is 11.4. The molecule has 84 valence electrons. The highest BCUT2D eigenvalue weighted by molar-refractivity contribution is 5.55. The molecule has 0 aliphatic rings. The van der Waals surface area contributed by atoms with Gasteiger partial charge in [-0.05, 0) is 29.8 Å². The van der Waals surface area contributed by atoms with Gasteiger partial charge in [0.1, 0.15) is 0 Å². The second-order valence-corrected chi connectivity index (χ2v) is 3.45. The maximum atomic E-state index is 9.80. The monoisotopic (exact) mass is 219 g/mol. The molecule has 0 amide bonds. The predicted molar refractivity (Wildman–Crippen MR) is 58.2 cm³/mol. The number of nitrogens with zero attached hydrogens (tertiary/aromatic N) is 3. The van der Waals surface area contributed by atoms with E-state index in [9.17, 15) is 5.11 Å². The molecule has 0 spiro atoms. The van der Waals surface area contributed by atoms with Crippen molar-refractivity contribution in [3.63, 3.8) is 0 Å². The van der Waals surface area contributed by atoms with E-state index >= 15 is 0 Å². The van der Waals surface area contributed by atoms with Crippen molar-refractivity contribution in [3.8, 4) is 11.4 Å². The molecule has 0 aliphatic heterocycles. The fourth-order valence-corrected chi connectivity index (χ4v) is 1.49. The fraction of sp³-hybridized carbons (Fsp3) is 0.300. The van der Waals surface area contributed by atoms with Crippen LogP contribution in [0.5, 0.6) is 0 Å². The van der Waals surface area contributed by atoms with Crippen molar-refractivity contribution < 1.29 is 5.11 Å². The number of tetrazole rings is 1. The van der Waals surface area contributed by atoms with Gasteiger partial charge >= 0.3 is 0 Å². The van der Waals surface area contributed by atoms with E-state index in [-0.39, 0.29) is 0 Å². The zero-order valence-electron chi connectivity index (χ0n) is 8.67. The molecule has 0 aliphatic carbocycles. The first kappa shape index (κ1) is 10.7. The van der Waals surface area contributed by atoms with Crippen molar-refractivity contribution in [2.75, 3.05) is 6.54 Å². The maximum absolute atomic E-state index is 9.80. The van der Waals surface area contributed by atoms with Crippen LogP contribution in [0.15, 0.2) is 24.3 Å². The predicted octanol–water partition coefficient (Wildman–Crippen LogP) is 0.249. The Bertz CT molecular complexity index is 442. The number of hydrogen-bond acceptors (Lipinski definition) is 5. The minimum Gasteiger partial charge on any atom is -0.388 e. The number of rotatable bonds is 4. The molecule has 4 N–H and O–H groups in total. The van der Waals surface area contributed by atoms with Gasteiger partial charge in [-0.2, -0.15) is 5.21 Å². The molecule has 1 atom stereocenters. The molecular formula is C10H13N5O. The molecule has 16 heavy (non-hydrogen) atoms. The number of aliphatic hydroxyl groups excluding tert-OH is 1. The molecule has 6 nitrogen and oxygen atoms in total. The highest BCUT2D eigenvalue weighted by Gasteiger charge is 2.09. The third-order valence-electron chi connectivity index (χ3n) is 2.32. The van der Waals surface area contributed by atoms with Crippen LogP contribution in [-0.2, 0) is 0 Å². The lowest BCUT2D eigenvalue weighted by atomic mass is 10.0. The summed E-state index contributed by atoms with van der Waals surface area (Å²) in [4.78, 5) is 0. The van der Waals surface area contributed by atoms with Gasteiger partial charge in [-0.15, -0.1) is 10.2 Å². The van der Waals surface area contributed by atoms with Crippen molar-refractivity contribution in [3.05, 3.63) is 29.8 Å². The van der Waals surface area contributed by atoms with Gasteiger partial charge in [0.05, 0.1) is 6.10 Å². The standard InChI is InChI=1S/C10H13N5O/c11-5-4-9(16)7-2-1-3-8(6-7)10-12-14-15-13-10/h1-3,6,9,16H,4-5,11H2,(H,12,13,14,15)/t9-/m1/s1. The van der Waals surface area contributed by atoms with E-state index in [4.69, 9.17) is 5.73 Å². The van der Waals surface area contributed by atoms with Crippen molar-refractivity contribution in [2.24, 2.45) is 5.73 Å². The third kappa shape index (κ3) is 2.23. The van der Waals surface area contributed by atoms with Gasteiger partial charge in [-0.1, -0.05) is 18.2 Å². The van der Waals surface area contributed by atoms with Crippen LogP contribution >= 0.6 is 0 Å². The summed E-state index contributed by atoms with van der Waals surface area (Å²) >= 11 is 0. The lowest BCUT2D eigenvalue weighted by Gasteiger charge is -2.09. The fourth-order valence-electron chi connectivity index (χ4n) is 1.49. The molecule has 0 fully saturated rings. The number of nitrogens with one attached hydrogen (secondary N) is 1. The van der Waals surface area contributed by atoms with Crippen molar-refractivity contribution in [1.82, 2.24) is 20.6 Å². The molecular weight excluding hydrogens is 206 g/mol. The Morgan fingerprint density at radius 3 is 3.00 bits per heavy atom. The summed E-state index contributed by atoms with van der Waals surface area (Å²) in [5.41, 5.74) is 7.03. The smallest absolute Gasteiger partial charge is 0.204 e. The Kier molecular flexibility index (Phi) is 3.23. The Hall–Kier alpha value is -1.79. The van der Waals surface area contributed by atoms with Crippen LogP contribution in [0.3, 0.4) is 0 Å². The first-order valence-electron chi connectivity index (χ1n) is 5.03. The summed E-state index contributed by atoms with van der Waals surface area (Å²) in [7, 11) is 0. The number of aromatic nitrogens is 4.